The van der Waals surface area contributed by atoms with Gasteiger partial charge in [0.05, 0.1) is 22.3 Å². The highest BCUT2D eigenvalue weighted by molar-refractivity contribution is 7.92. The van der Waals surface area contributed by atoms with Crippen molar-refractivity contribution in [2.24, 2.45) is 0 Å². The van der Waals surface area contributed by atoms with Crippen LogP contribution in [0, 0.1) is 0 Å². The standard InChI is InChI=1S/C17H19N3O3S/c1-17(2,3)23-14-6-8-15(9-7-14)24(21,22)20-13-5-4-12-11-18-19-16(12)10-13/h4-11,20H,1-3H3,(H,18,19). The fourth-order valence-electron chi connectivity index (χ4n) is 2.25. The van der Waals surface area contributed by atoms with Gasteiger partial charge in [-0.2, -0.15) is 5.10 Å². The Morgan fingerprint density at radius 3 is 2.46 bits per heavy atom. The van der Waals surface area contributed by atoms with Gasteiger partial charge < -0.3 is 4.74 Å². The molecule has 3 rings (SSSR count). The topological polar surface area (TPSA) is 84.1 Å². The second-order valence-corrected chi connectivity index (χ2v) is 8.15. The molecule has 7 heteroatoms. The maximum atomic E-state index is 12.5. The van der Waals surface area contributed by atoms with Crippen molar-refractivity contribution in [1.82, 2.24) is 10.2 Å². The first-order valence-corrected chi connectivity index (χ1v) is 8.96. The van der Waals surface area contributed by atoms with E-state index in [1.165, 1.54) is 12.1 Å². The lowest BCUT2D eigenvalue weighted by Gasteiger charge is -2.21. The lowest BCUT2D eigenvalue weighted by atomic mass is 10.2. The molecule has 2 aromatic carbocycles. The summed E-state index contributed by atoms with van der Waals surface area (Å²) in [5, 5.41) is 7.65. The number of H-pyrrole nitrogens is 1. The van der Waals surface area contributed by atoms with Crippen molar-refractivity contribution in [2.45, 2.75) is 31.3 Å². The molecule has 2 N–H and O–H groups in total. The maximum absolute atomic E-state index is 12.5. The van der Waals surface area contributed by atoms with Crippen LogP contribution >= 0.6 is 0 Å². The minimum Gasteiger partial charge on any atom is -0.488 e. The molecule has 0 atom stereocenters. The van der Waals surface area contributed by atoms with E-state index in [2.05, 4.69) is 14.9 Å². The van der Waals surface area contributed by atoms with Gasteiger partial charge in [-0.25, -0.2) is 8.42 Å². The first-order valence-electron chi connectivity index (χ1n) is 7.48. The third-order valence-electron chi connectivity index (χ3n) is 3.25. The molecule has 3 aromatic rings. The summed E-state index contributed by atoms with van der Waals surface area (Å²) in [4.78, 5) is 0.175. The van der Waals surface area contributed by atoms with Gasteiger partial charge in [0.15, 0.2) is 0 Å². The van der Waals surface area contributed by atoms with Crippen molar-refractivity contribution in [3.63, 3.8) is 0 Å². The van der Waals surface area contributed by atoms with Crippen LogP contribution in [0.3, 0.4) is 0 Å². The molecule has 0 amide bonds. The Hall–Kier alpha value is -2.54. The Morgan fingerprint density at radius 1 is 1.08 bits per heavy atom. The number of hydrogen-bond acceptors (Lipinski definition) is 4. The van der Waals surface area contributed by atoms with E-state index in [-0.39, 0.29) is 10.5 Å². The van der Waals surface area contributed by atoms with E-state index in [1.807, 2.05) is 20.8 Å². The van der Waals surface area contributed by atoms with Gasteiger partial charge in [0.2, 0.25) is 0 Å². The van der Waals surface area contributed by atoms with Crippen LogP contribution in [0.2, 0.25) is 0 Å². The predicted octanol–water partition coefficient (Wildman–Crippen LogP) is 3.54. The van der Waals surface area contributed by atoms with Crippen LogP contribution in [0.4, 0.5) is 5.69 Å². The number of anilines is 1. The van der Waals surface area contributed by atoms with Gasteiger partial charge in [-0.1, -0.05) is 0 Å². The van der Waals surface area contributed by atoms with E-state index >= 15 is 0 Å². The molecular weight excluding hydrogens is 326 g/mol. The average molecular weight is 345 g/mol. The number of aromatic nitrogens is 2. The van der Waals surface area contributed by atoms with Gasteiger partial charge in [-0.05, 0) is 63.2 Å². The lowest BCUT2D eigenvalue weighted by molar-refractivity contribution is 0.131. The summed E-state index contributed by atoms with van der Waals surface area (Å²) < 4.78 is 33.3. The summed E-state index contributed by atoms with van der Waals surface area (Å²) >= 11 is 0. The molecule has 0 aliphatic carbocycles. The molecule has 0 unspecified atom stereocenters. The van der Waals surface area contributed by atoms with Crippen LogP contribution in [0.25, 0.3) is 10.9 Å². The number of rotatable bonds is 4. The van der Waals surface area contributed by atoms with Crippen LogP contribution in [0.1, 0.15) is 20.8 Å². The van der Waals surface area contributed by atoms with E-state index in [4.69, 9.17) is 4.74 Å². The molecule has 0 aliphatic rings. The first kappa shape index (κ1) is 16.3. The molecule has 1 aromatic heterocycles. The number of hydrogen-bond donors (Lipinski definition) is 2. The van der Waals surface area contributed by atoms with Crippen LogP contribution in [-0.4, -0.2) is 24.2 Å². The third-order valence-corrected chi connectivity index (χ3v) is 4.65. The third kappa shape index (κ3) is 3.68. The summed E-state index contributed by atoms with van der Waals surface area (Å²) in [5.41, 5.74) is 0.906. The highest BCUT2D eigenvalue weighted by Crippen LogP contribution is 2.23. The second-order valence-electron chi connectivity index (χ2n) is 6.46. The summed E-state index contributed by atoms with van der Waals surface area (Å²) in [6.45, 7) is 5.81. The molecule has 126 valence electrons. The first-order chi connectivity index (χ1) is 11.2. The van der Waals surface area contributed by atoms with E-state index < -0.39 is 10.0 Å². The molecule has 0 saturated heterocycles. The molecule has 6 nitrogen and oxygen atoms in total. The van der Waals surface area contributed by atoms with Crippen molar-refractivity contribution in [2.75, 3.05) is 4.72 Å². The van der Waals surface area contributed by atoms with Crippen LogP contribution in [0.15, 0.2) is 53.6 Å². The number of nitrogens with zero attached hydrogens (tertiary/aromatic N) is 1. The van der Waals surface area contributed by atoms with Gasteiger partial charge in [0.25, 0.3) is 10.0 Å². The van der Waals surface area contributed by atoms with E-state index in [0.717, 1.165) is 10.9 Å². The molecule has 0 bridgehead atoms. The lowest BCUT2D eigenvalue weighted by Crippen LogP contribution is -2.23. The van der Waals surface area contributed by atoms with Crippen molar-refractivity contribution < 1.29 is 13.2 Å². The molecule has 0 radical (unpaired) electrons. The maximum Gasteiger partial charge on any atom is 0.261 e. The number of sulfonamides is 1. The number of nitrogens with one attached hydrogen (secondary N) is 2. The minimum atomic E-state index is -3.67. The zero-order valence-corrected chi connectivity index (χ0v) is 14.5. The summed E-state index contributed by atoms with van der Waals surface area (Å²) in [6, 6.07) is 11.6. The van der Waals surface area contributed by atoms with Gasteiger partial charge in [-0.15, -0.1) is 0 Å². The Bertz CT molecular complexity index is 955. The fourth-order valence-corrected chi connectivity index (χ4v) is 3.30. The van der Waals surface area contributed by atoms with Gasteiger partial charge in [0, 0.05) is 5.39 Å². The van der Waals surface area contributed by atoms with Crippen molar-refractivity contribution >= 4 is 26.6 Å². The average Bonchev–Trinajstić information content (AvgIpc) is 2.93. The van der Waals surface area contributed by atoms with Crippen LogP contribution in [-0.2, 0) is 10.0 Å². The van der Waals surface area contributed by atoms with Crippen molar-refractivity contribution in [1.29, 1.82) is 0 Å². The normalized spacial score (nSPS) is 12.3. The molecule has 1 heterocycles. The molecular formula is C17H19N3O3S. The predicted molar refractivity (Wildman–Crippen MR) is 93.7 cm³/mol. The monoisotopic (exact) mass is 345 g/mol. The molecule has 0 aliphatic heterocycles. The fraction of sp³-hybridized carbons (Fsp3) is 0.235. The largest absolute Gasteiger partial charge is 0.488 e. The van der Waals surface area contributed by atoms with Crippen molar-refractivity contribution in [3.05, 3.63) is 48.7 Å². The van der Waals surface area contributed by atoms with Gasteiger partial charge in [0.1, 0.15) is 11.4 Å². The number of ether oxygens (including phenoxy) is 1. The number of benzene rings is 2. The summed E-state index contributed by atoms with van der Waals surface area (Å²) in [7, 11) is -3.67. The van der Waals surface area contributed by atoms with Crippen LogP contribution < -0.4 is 9.46 Å². The minimum absolute atomic E-state index is 0.175. The second kappa shape index (κ2) is 5.83. The Morgan fingerprint density at radius 2 is 1.79 bits per heavy atom. The highest BCUT2D eigenvalue weighted by Gasteiger charge is 2.16. The highest BCUT2D eigenvalue weighted by atomic mass is 32.2. The Balaban J connectivity index is 1.81. The molecule has 0 fully saturated rings. The zero-order chi connectivity index (χ0) is 17.4. The molecule has 24 heavy (non-hydrogen) atoms. The quantitative estimate of drug-likeness (QED) is 0.757. The SMILES string of the molecule is CC(C)(C)Oc1ccc(S(=O)(=O)Nc2ccc3cn[nH]c3c2)cc1. The summed E-state index contributed by atoms with van der Waals surface area (Å²) in [6.07, 6.45) is 1.68. The molecule has 0 saturated carbocycles. The Labute approximate surface area is 140 Å². The zero-order valence-electron chi connectivity index (χ0n) is 13.7. The number of aromatic amines is 1. The number of fused-ring (bicyclic) bond motifs is 1. The molecule has 0 spiro atoms. The van der Waals surface area contributed by atoms with E-state index in [0.29, 0.717) is 11.4 Å². The van der Waals surface area contributed by atoms with Gasteiger partial charge in [-0.3, -0.25) is 9.82 Å². The Kier molecular flexibility index (Phi) is 3.96. The van der Waals surface area contributed by atoms with E-state index in [1.54, 1.807) is 36.5 Å². The van der Waals surface area contributed by atoms with Gasteiger partial charge >= 0.3 is 0 Å². The smallest absolute Gasteiger partial charge is 0.261 e. The van der Waals surface area contributed by atoms with E-state index in [9.17, 15) is 8.42 Å². The van der Waals surface area contributed by atoms with Crippen molar-refractivity contribution in [3.8, 4) is 5.75 Å². The van der Waals surface area contributed by atoms with Crippen LogP contribution in [0.5, 0.6) is 5.75 Å². The summed E-state index contributed by atoms with van der Waals surface area (Å²) in [5.74, 6) is 0.625.